The van der Waals surface area contributed by atoms with E-state index in [0.29, 0.717) is 11.6 Å². The smallest absolute Gasteiger partial charge is 0.255 e. The van der Waals surface area contributed by atoms with Crippen LogP contribution in [0.1, 0.15) is 27.0 Å². The number of aromatic hydroxyl groups is 1. The number of amides is 1. The van der Waals surface area contributed by atoms with Crippen molar-refractivity contribution in [2.45, 2.75) is 19.6 Å². The molecule has 0 saturated carbocycles. The van der Waals surface area contributed by atoms with E-state index >= 15 is 0 Å². The Morgan fingerprint density at radius 2 is 2.00 bits per heavy atom. The summed E-state index contributed by atoms with van der Waals surface area (Å²) < 4.78 is 0. The lowest BCUT2D eigenvalue weighted by atomic mass is 10.1. The molecule has 1 aliphatic heterocycles. The Bertz CT molecular complexity index is 701. The van der Waals surface area contributed by atoms with E-state index < -0.39 is 0 Å². The van der Waals surface area contributed by atoms with Crippen LogP contribution < -0.4 is 10.6 Å². The van der Waals surface area contributed by atoms with Gasteiger partial charge in [0, 0.05) is 24.7 Å². The van der Waals surface area contributed by atoms with Gasteiger partial charge in [-0.05, 0) is 34.9 Å². The maximum Gasteiger partial charge on any atom is 0.255 e. The number of halogens is 1. The first-order valence-corrected chi connectivity index (χ1v) is 7.09. The molecule has 0 bridgehead atoms. The summed E-state index contributed by atoms with van der Waals surface area (Å²) in [7, 11) is 0. The van der Waals surface area contributed by atoms with Crippen LogP contribution in [0.25, 0.3) is 0 Å². The van der Waals surface area contributed by atoms with Gasteiger partial charge in [0.15, 0.2) is 0 Å². The highest BCUT2D eigenvalue weighted by atomic mass is 35.5. The number of hydrogen-bond donors (Lipinski definition) is 3. The number of hydrogen-bond acceptors (Lipinski definition) is 3. The van der Waals surface area contributed by atoms with E-state index in [-0.39, 0.29) is 17.2 Å². The average molecular weight is 303 g/mol. The molecule has 4 nitrogen and oxygen atoms in total. The molecule has 5 heteroatoms. The zero-order chi connectivity index (χ0) is 14.8. The van der Waals surface area contributed by atoms with Crippen molar-refractivity contribution in [2.75, 3.05) is 0 Å². The Labute approximate surface area is 127 Å². The van der Waals surface area contributed by atoms with E-state index in [0.717, 1.165) is 18.7 Å². The second-order valence-electron chi connectivity index (χ2n) is 5.05. The van der Waals surface area contributed by atoms with E-state index in [1.807, 2.05) is 6.07 Å². The molecular formula is C16H15ClN2O2. The van der Waals surface area contributed by atoms with Gasteiger partial charge in [-0.25, -0.2) is 0 Å². The first-order valence-electron chi connectivity index (χ1n) is 6.71. The van der Waals surface area contributed by atoms with Gasteiger partial charge >= 0.3 is 0 Å². The lowest BCUT2D eigenvalue weighted by Crippen LogP contribution is -2.22. The fraction of sp³-hybridized carbons (Fsp3) is 0.188. The maximum absolute atomic E-state index is 12.1. The van der Waals surface area contributed by atoms with Crippen LogP contribution in [0.5, 0.6) is 5.75 Å². The molecule has 2 aromatic carbocycles. The van der Waals surface area contributed by atoms with Crippen LogP contribution in [0, 0.1) is 0 Å². The van der Waals surface area contributed by atoms with Gasteiger partial charge in [-0.3, -0.25) is 4.79 Å². The van der Waals surface area contributed by atoms with Crippen molar-refractivity contribution in [3.63, 3.8) is 0 Å². The molecule has 0 aliphatic carbocycles. The van der Waals surface area contributed by atoms with Gasteiger partial charge in [-0.15, -0.1) is 0 Å². The largest absolute Gasteiger partial charge is 0.507 e. The summed E-state index contributed by atoms with van der Waals surface area (Å²) in [4.78, 5) is 12.1. The number of phenols is 1. The van der Waals surface area contributed by atoms with Gasteiger partial charge in [0.2, 0.25) is 0 Å². The number of benzene rings is 2. The molecule has 0 spiro atoms. The molecule has 0 radical (unpaired) electrons. The second kappa shape index (κ2) is 5.76. The first-order chi connectivity index (χ1) is 10.1. The SMILES string of the molecule is O=C(NCc1ccc2c(c1)CNC2)c1ccc(Cl)cc1O. The molecule has 0 saturated heterocycles. The van der Waals surface area contributed by atoms with E-state index in [4.69, 9.17) is 11.6 Å². The Kier molecular flexibility index (Phi) is 3.82. The van der Waals surface area contributed by atoms with Gasteiger partial charge in [0.05, 0.1) is 5.56 Å². The minimum Gasteiger partial charge on any atom is -0.507 e. The van der Waals surface area contributed by atoms with Gasteiger partial charge in [0.1, 0.15) is 5.75 Å². The molecule has 0 fully saturated rings. The minimum atomic E-state index is -0.317. The number of nitrogens with one attached hydrogen (secondary N) is 2. The molecule has 0 unspecified atom stereocenters. The van der Waals surface area contributed by atoms with E-state index in [1.165, 1.54) is 23.3 Å². The van der Waals surface area contributed by atoms with E-state index in [2.05, 4.69) is 22.8 Å². The summed E-state index contributed by atoms with van der Waals surface area (Å²) in [6.07, 6.45) is 0. The van der Waals surface area contributed by atoms with Crippen molar-refractivity contribution in [3.8, 4) is 5.75 Å². The molecule has 1 heterocycles. The molecule has 0 aromatic heterocycles. The molecule has 0 atom stereocenters. The van der Waals surface area contributed by atoms with Gasteiger partial charge in [0.25, 0.3) is 5.91 Å². The van der Waals surface area contributed by atoms with Crippen LogP contribution in [0.15, 0.2) is 36.4 Å². The van der Waals surface area contributed by atoms with Crippen LogP contribution in [0.4, 0.5) is 0 Å². The summed E-state index contributed by atoms with van der Waals surface area (Å²) >= 11 is 5.75. The highest BCUT2D eigenvalue weighted by molar-refractivity contribution is 6.30. The Morgan fingerprint density at radius 1 is 1.19 bits per heavy atom. The van der Waals surface area contributed by atoms with Gasteiger partial charge < -0.3 is 15.7 Å². The van der Waals surface area contributed by atoms with Crippen LogP contribution in [0.3, 0.4) is 0 Å². The molecule has 21 heavy (non-hydrogen) atoms. The molecule has 2 aromatic rings. The first kappa shape index (κ1) is 13.9. The van der Waals surface area contributed by atoms with Crippen molar-refractivity contribution in [1.29, 1.82) is 0 Å². The number of fused-ring (bicyclic) bond motifs is 1. The quantitative estimate of drug-likeness (QED) is 0.816. The van der Waals surface area contributed by atoms with Crippen molar-refractivity contribution < 1.29 is 9.90 Å². The Hall–Kier alpha value is -2.04. The standard InChI is InChI=1S/C16H15ClN2O2/c17-13-3-4-14(15(20)6-13)16(21)19-7-10-1-2-11-8-18-9-12(11)5-10/h1-6,18,20H,7-9H2,(H,19,21). The zero-order valence-electron chi connectivity index (χ0n) is 11.3. The van der Waals surface area contributed by atoms with Crippen LogP contribution >= 0.6 is 11.6 Å². The summed E-state index contributed by atoms with van der Waals surface area (Å²) in [5.41, 5.74) is 3.85. The minimum absolute atomic E-state index is 0.113. The van der Waals surface area contributed by atoms with Crippen LogP contribution in [-0.2, 0) is 19.6 Å². The third-order valence-corrected chi connectivity index (χ3v) is 3.79. The predicted molar refractivity (Wildman–Crippen MR) is 81.3 cm³/mol. The third-order valence-electron chi connectivity index (χ3n) is 3.56. The van der Waals surface area contributed by atoms with Crippen LogP contribution in [-0.4, -0.2) is 11.0 Å². The fourth-order valence-electron chi connectivity index (χ4n) is 2.43. The molecule has 1 amide bonds. The molecule has 3 N–H and O–H groups in total. The van der Waals surface area contributed by atoms with Gasteiger partial charge in [-0.1, -0.05) is 29.8 Å². The average Bonchev–Trinajstić information content (AvgIpc) is 2.92. The normalized spacial score (nSPS) is 13.0. The van der Waals surface area contributed by atoms with Crippen molar-refractivity contribution >= 4 is 17.5 Å². The summed E-state index contributed by atoms with van der Waals surface area (Å²) in [5, 5.41) is 16.2. The monoisotopic (exact) mass is 302 g/mol. The fourth-order valence-corrected chi connectivity index (χ4v) is 2.60. The van der Waals surface area contributed by atoms with Crippen LogP contribution in [0.2, 0.25) is 5.02 Å². The van der Waals surface area contributed by atoms with E-state index in [9.17, 15) is 9.90 Å². The molecule has 108 valence electrons. The second-order valence-corrected chi connectivity index (χ2v) is 5.49. The summed E-state index contributed by atoms with van der Waals surface area (Å²) in [6, 6.07) is 10.6. The highest BCUT2D eigenvalue weighted by Crippen LogP contribution is 2.22. The Balaban J connectivity index is 1.68. The third kappa shape index (κ3) is 3.01. The number of rotatable bonds is 3. The summed E-state index contributed by atoms with van der Waals surface area (Å²) in [5.74, 6) is -0.430. The number of phenolic OH excluding ortho intramolecular Hbond substituents is 1. The zero-order valence-corrected chi connectivity index (χ0v) is 12.1. The number of carbonyl (C=O) groups excluding carboxylic acids is 1. The topological polar surface area (TPSA) is 61.4 Å². The molecular weight excluding hydrogens is 288 g/mol. The van der Waals surface area contributed by atoms with Gasteiger partial charge in [-0.2, -0.15) is 0 Å². The Morgan fingerprint density at radius 3 is 2.81 bits per heavy atom. The lowest BCUT2D eigenvalue weighted by molar-refractivity contribution is 0.0948. The van der Waals surface area contributed by atoms with Crippen molar-refractivity contribution in [1.82, 2.24) is 10.6 Å². The maximum atomic E-state index is 12.1. The van der Waals surface area contributed by atoms with Crippen molar-refractivity contribution in [3.05, 3.63) is 63.7 Å². The van der Waals surface area contributed by atoms with Crippen molar-refractivity contribution in [2.24, 2.45) is 0 Å². The number of carbonyl (C=O) groups is 1. The molecule has 1 aliphatic rings. The predicted octanol–water partition coefficient (Wildman–Crippen LogP) is 2.58. The van der Waals surface area contributed by atoms with E-state index in [1.54, 1.807) is 6.07 Å². The lowest BCUT2D eigenvalue weighted by Gasteiger charge is -2.08. The highest BCUT2D eigenvalue weighted by Gasteiger charge is 2.13. The molecule has 3 rings (SSSR count). The summed E-state index contributed by atoms with van der Waals surface area (Å²) in [6.45, 7) is 2.20.